The zero-order valence-electron chi connectivity index (χ0n) is 9.95. The first-order valence-electron chi connectivity index (χ1n) is 5.68. The summed E-state index contributed by atoms with van der Waals surface area (Å²) in [5.74, 6) is -0.541. The number of carbonyl (C=O) groups excluding carboxylic acids is 2. The molecule has 1 aliphatic heterocycles. The van der Waals surface area contributed by atoms with Crippen molar-refractivity contribution >= 4 is 27.9 Å². The summed E-state index contributed by atoms with van der Waals surface area (Å²) in [6.07, 6.45) is -0.679. The van der Waals surface area contributed by atoms with Gasteiger partial charge in [-0.1, -0.05) is 46.3 Å². The minimum absolute atomic E-state index is 0.134. The van der Waals surface area contributed by atoms with Gasteiger partial charge in [0.15, 0.2) is 0 Å². The van der Waals surface area contributed by atoms with Gasteiger partial charge in [-0.15, -0.1) is 0 Å². The number of carbonyl (C=O) groups is 2. The third-order valence-electron chi connectivity index (χ3n) is 2.83. The van der Waals surface area contributed by atoms with Crippen LogP contribution >= 0.6 is 15.9 Å². The lowest BCUT2D eigenvalue weighted by Crippen LogP contribution is -2.70. The quantitative estimate of drug-likeness (QED) is 0.495. The molecule has 2 N–H and O–H groups in total. The Morgan fingerprint density at radius 1 is 1.42 bits per heavy atom. The van der Waals surface area contributed by atoms with Crippen LogP contribution in [-0.2, 0) is 16.1 Å². The van der Waals surface area contributed by atoms with Gasteiger partial charge in [-0.05, 0) is 5.56 Å². The predicted molar refractivity (Wildman–Crippen MR) is 69.8 cm³/mol. The number of amides is 2. The van der Waals surface area contributed by atoms with Crippen molar-refractivity contribution in [3.8, 4) is 0 Å². The average molecular weight is 329 g/mol. The van der Waals surface area contributed by atoms with Gasteiger partial charge in [0.25, 0.3) is 5.91 Å². The first kappa shape index (κ1) is 13.8. The van der Waals surface area contributed by atoms with E-state index in [0.29, 0.717) is 10.4 Å². The van der Waals surface area contributed by atoms with Crippen molar-refractivity contribution in [2.75, 3.05) is 5.33 Å². The summed E-state index contributed by atoms with van der Waals surface area (Å²) in [6, 6.07) is 8.02. The van der Waals surface area contributed by atoms with E-state index in [1.807, 2.05) is 30.3 Å². The molecule has 1 saturated heterocycles. The molecule has 102 valence electrons. The Morgan fingerprint density at radius 2 is 2.11 bits per heavy atom. The highest BCUT2D eigenvalue weighted by atomic mass is 79.9. The number of β-lactam (4-membered cyclic amide) rings is 1. The zero-order chi connectivity index (χ0) is 13.8. The normalized spacial score (nSPS) is 21.8. The highest BCUT2D eigenvalue weighted by molar-refractivity contribution is 9.09. The van der Waals surface area contributed by atoms with E-state index in [4.69, 9.17) is 4.74 Å². The summed E-state index contributed by atoms with van der Waals surface area (Å²) < 4.78 is 4.99. The molecule has 7 heteroatoms. The van der Waals surface area contributed by atoms with Gasteiger partial charge in [0.05, 0.1) is 6.04 Å². The highest BCUT2D eigenvalue weighted by Gasteiger charge is 2.47. The summed E-state index contributed by atoms with van der Waals surface area (Å²) in [7, 11) is 0. The molecule has 0 aliphatic carbocycles. The maximum atomic E-state index is 11.5. The summed E-state index contributed by atoms with van der Waals surface area (Å²) in [4.78, 5) is 22.9. The van der Waals surface area contributed by atoms with Gasteiger partial charge in [0.2, 0.25) is 0 Å². The first-order chi connectivity index (χ1) is 9.13. The maximum Gasteiger partial charge on any atom is 0.408 e. The molecular weight excluding hydrogens is 316 g/mol. The molecule has 19 heavy (non-hydrogen) atoms. The van der Waals surface area contributed by atoms with Gasteiger partial charge in [-0.2, -0.15) is 0 Å². The van der Waals surface area contributed by atoms with Crippen LogP contribution in [0, 0.1) is 0 Å². The van der Waals surface area contributed by atoms with Crippen LogP contribution in [0.4, 0.5) is 4.79 Å². The number of halogens is 1. The number of nitrogens with one attached hydrogen (secondary N) is 1. The Morgan fingerprint density at radius 3 is 2.74 bits per heavy atom. The van der Waals surface area contributed by atoms with Gasteiger partial charge >= 0.3 is 6.09 Å². The van der Waals surface area contributed by atoms with Crippen molar-refractivity contribution in [3.63, 3.8) is 0 Å². The Bertz CT molecular complexity index is 468. The van der Waals surface area contributed by atoms with E-state index in [0.717, 1.165) is 5.56 Å². The molecule has 0 saturated carbocycles. The lowest BCUT2D eigenvalue weighted by atomic mass is 10.0. The number of alkyl carbamates (subject to hydrolysis) is 1. The third-order valence-corrected chi connectivity index (χ3v) is 3.50. The summed E-state index contributed by atoms with van der Waals surface area (Å²) in [6.45, 7) is 0.134. The van der Waals surface area contributed by atoms with Crippen molar-refractivity contribution in [1.82, 2.24) is 10.4 Å². The van der Waals surface area contributed by atoms with E-state index in [1.54, 1.807) is 0 Å². The molecule has 1 aromatic carbocycles. The van der Waals surface area contributed by atoms with Crippen molar-refractivity contribution in [2.24, 2.45) is 0 Å². The van der Waals surface area contributed by atoms with E-state index >= 15 is 0 Å². The van der Waals surface area contributed by atoms with Crippen molar-refractivity contribution in [3.05, 3.63) is 35.9 Å². The zero-order valence-corrected chi connectivity index (χ0v) is 11.5. The summed E-state index contributed by atoms with van der Waals surface area (Å²) in [5.41, 5.74) is 0.860. The molecule has 1 heterocycles. The van der Waals surface area contributed by atoms with Crippen LogP contribution in [0.3, 0.4) is 0 Å². The predicted octanol–water partition coefficient (Wildman–Crippen LogP) is 1.28. The van der Waals surface area contributed by atoms with Crippen molar-refractivity contribution in [1.29, 1.82) is 0 Å². The molecular formula is C12H13BrN2O4. The second-order valence-corrected chi connectivity index (χ2v) is 4.74. The fourth-order valence-electron chi connectivity index (χ4n) is 1.73. The van der Waals surface area contributed by atoms with Gasteiger partial charge in [-0.3, -0.25) is 10.0 Å². The smallest absolute Gasteiger partial charge is 0.408 e. The lowest BCUT2D eigenvalue weighted by molar-refractivity contribution is -0.205. The largest absolute Gasteiger partial charge is 0.445 e. The Labute approximate surface area is 118 Å². The SMILES string of the molecule is O=C(NC1C(=O)N(O)C1CBr)OCc1ccccc1. The van der Waals surface area contributed by atoms with Crippen LogP contribution in [0.2, 0.25) is 0 Å². The fourth-order valence-corrected chi connectivity index (χ4v) is 2.38. The average Bonchev–Trinajstić information content (AvgIpc) is 2.45. The fraction of sp³-hybridized carbons (Fsp3) is 0.333. The van der Waals surface area contributed by atoms with Crippen LogP contribution in [0.25, 0.3) is 0 Å². The number of ether oxygens (including phenoxy) is 1. The third kappa shape index (κ3) is 3.05. The number of hydroxylamine groups is 2. The molecule has 0 radical (unpaired) electrons. The minimum Gasteiger partial charge on any atom is -0.445 e. The molecule has 2 amide bonds. The molecule has 1 fully saturated rings. The molecule has 0 spiro atoms. The Kier molecular flexibility index (Phi) is 4.39. The molecule has 0 bridgehead atoms. The minimum atomic E-state index is -0.743. The standard InChI is InChI=1S/C12H13BrN2O4/c13-6-9-10(11(16)15(9)18)14-12(17)19-7-8-4-2-1-3-5-8/h1-5,9-10,18H,6-7H2,(H,14,17). The topological polar surface area (TPSA) is 78.9 Å². The number of rotatable bonds is 4. The molecule has 0 aromatic heterocycles. The number of nitrogens with zero attached hydrogens (tertiary/aromatic N) is 1. The van der Waals surface area contributed by atoms with Crippen LogP contribution < -0.4 is 5.32 Å². The van der Waals surface area contributed by atoms with Gasteiger partial charge < -0.3 is 10.1 Å². The number of alkyl halides is 1. The van der Waals surface area contributed by atoms with E-state index in [-0.39, 0.29) is 6.61 Å². The highest BCUT2D eigenvalue weighted by Crippen LogP contribution is 2.19. The summed E-state index contributed by atoms with van der Waals surface area (Å²) in [5, 5.41) is 12.6. The van der Waals surface area contributed by atoms with Crippen LogP contribution in [0.1, 0.15) is 5.56 Å². The van der Waals surface area contributed by atoms with Crippen molar-refractivity contribution < 1.29 is 19.5 Å². The van der Waals surface area contributed by atoms with E-state index in [9.17, 15) is 14.8 Å². The maximum absolute atomic E-state index is 11.5. The molecule has 1 aromatic rings. The number of hydrogen-bond acceptors (Lipinski definition) is 4. The second-order valence-electron chi connectivity index (χ2n) is 4.09. The van der Waals surface area contributed by atoms with Crippen molar-refractivity contribution in [2.45, 2.75) is 18.7 Å². The summed E-state index contributed by atoms with van der Waals surface area (Å²) >= 11 is 3.15. The molecule has 1 aliphatic rings. The molecule has 6 nitrogen and oxygen atoms in total. The van der Waals surface area contributed by atoms with Crippen LogP contribution in [0.15, 0.2) is 30.3 Å². The monoisotopic (exact) mass is 328 g/mol. The number of hydrogen-bond donors (Lipinski definition) is 2. The Hall–Kier alpha value is -1.60. The van der Waals surface area contributed by atoms with Gasteiger partial charge in [0, 0.05) is 5.33 Å². The van der Waals surface area contributed by atoms with E-state index in [1.165, 1.54) is 0 Å². The molecule has 2 atom stereocenters. The van der Waals surface area contributed by atoms with E-state index < -0.39 is 24.1 Å². The molecule has 2 rings (SSSR count). The van der Waals surface area contributed by atoms with Gasteiger partial charge in [0.1, 0.15) is 12.6 Å². The van der Waals surface area contributed by atoms with Gasteiger partial charge in [-0.25, -0.2) is 9.86 Å². The first-order valence-corrected chi connectivity index (χ1v) is 6.80. The second kappa shape index (κ2) is 6.03. The Balaban J connectivity index is 1.80. The molecule has 2 unspecified atom stereocenters. The number of benzene rings is 1. The van der Waals surface area contributed by atoms with Crippen LogP contribution in [0.5, 0.6) is 0 Å². The van der Waals surface area contributed by atoms with Crippen LogP contribution in [-0.4, -0.2) is 39.7 Å². The van der Waals surface area contributed by atoms with E-state index in [2.05, 4.69) is 21.2 Å². The lowest BCUT2D eigenvalue weighted by Gasteiger charge is -2.41.